The summed E-state index contributed by atoms with van der Waals surface area (Å²) < 4.78 is 0. The van der Waals surface area contributed by atoms with E-state index in [0.717, 1.165) is 29.2 Å². The smallest absolute Gasteiger partial charge is 0.197 e. The van der Waals surface area contributed by atoms with Gasteiger partial charge in [-0.3, -0.25) is 0 Å². The van der Waals surface area contributed by atoms with Gasteiger partial charge in [0.1, 0.15) is 0 Å². The van der Waals surface area contributed by atoms with Crippen molar-refractivity contribution in [3.05, 3.63) is 65.0 Å². The lowest BCUT2D eigenvalue weighted by atomic mass is 9.85. The zero-order valence-electron chi connectivity index (χ0n) is 10.2. The van der Waals surface area contributed by atoms with Crippen LogP contribution in [0.15, 0.2) is 36.7 Å². The molecule has 2 aromatic heterocycles. The van der Waals surface area contributed by atoms with Crippen LogP contribution in [0.25, 0.3) is 0 Å². The van der Waals surface area contributed by atoms with Crippen LogP contribution in [0.2, 0.25) is 0 Å². The first-order chi connectivity index (χ1) is 9.33. The molecule has 2 heterocycles. The maximum atomic E-state index is 5.80. The number of hydrogen-bond acceptors (Lipinski definition) is 3. The molecule has 4 N–H and O–H groups in total. The molecule has 0 amide bonds. The third kappa shape index (κ3) is 1.48. The second kappa shape index (κ2) is 3.71. The highest BCUT2D eigenvalue weighted by Gasteiger charge is 2.31. The second-order valence-electron chi connectivity index (χ2n) is 4.77. The summed E-state index contributed by atoms with van der Waals surface area (Å²) in [6.07, 6.45) is 2.50. The molecule has 0 spiro atoms. The first kappa shape index (κ1) is 10.4. The quantitative estimate of drug-likeness (QED) is 0.482. The number of H-pyrrole nitrogens is 2. The molecule has 1 aromatic carbocycles. The summed E-state index contributed by atoms with van der Waals surface area (Å²) in [5.41, 5.74) is 11.2. The van der Waals surface area contributed by atoms with Crippen molar-refractivity contribution in [2.45, 2.75) is 12.3 Å². The van der Waals surface area contributed by atoms with Gasteiger partial charge in [0.15, 0.2) is 5.95 Å². The summed E-state index contributed by atoms with van der Waals surface area (Å²) in [4.78, 5) is 15.2. The van der Waals surface area contributed by atoms with Crippen LogP contribution in [0.1, 0.15) is 34.3 Å². The molecule has 19 heavy (non-hydrogen) atoms. The van der Waals surface area contributed by atoms with Crippen LogP contribution in [-0.4, -0.2) is 19.9 Å². The molecule has 0 saturated heterocycles. The molecule has 5 nitrogen and oxygen atoms in total. The van der Waals surface area contributed by atoms with Crippen LogP contribution in [0.4, 0.5) is 5.95 Å². The molecule has 0 radical (unpaired) electrons. The summed E-state index contributed by atoms with van der Waals surface area (Å²) in [6, 6.07) is 10.3. The van der Waals surface area contributed by atoms with Gasteiger partial charge in [0, 0.05) is 12.1 Å². The summed E-state index contributed by atoms with van der Waals surface area (Å²) >= 11 is 0. The van der Waals surface area contributed by atoms with Gasteiger partial charge in [-0.1, -0.05) is 30.3 Å². The van der Waals surface area contributed by atoms with E-state index in [4.69, 9.17) is 5.73 Å². The van der Waals surface area contributed by atoms with Crippen molar-refractivity contribution in [2.24, 2.45) is 0 Å². The van der Waals surface area contributed by atoms with Gasteiger partial charge >= 0.3 is 0 Å². The van der Waals surface area contributed by atoms with Crippen molar-refractivity contribution in [3.63, 3.8) is 0 Å². The lowest BCUT2D eigenvalue weighted by molar-refractivity contribution is 0.816. The minimum absolute atomic E-state index is 0.0796. The Morgan fingerprint density at radius 1 is 1.21 bits per heavy atom. The number of hydrogen-bond donors (Lipinski definition) is 3. The molecule has 5 heteroatoms. The number of rotatable bonds is 1. The van der Waals surface area contributed by atoms with Crippen molar-refractivity contribution in [1.29, 1.82) is 0 Å². The predicted octanol–water partition coefficient (Wildman–Crippen LogP) is 1.80. The fraction of sp³-hybridized carbons (Fsp3) is 0.143. The summed E-state index contributed by atoms with van der Waals surface area (Å²) in [5.74, 6) is 0.548. The summed E-state index contributed by atoms with van der Waals surface area (Å²) in [5, 5.41) is 0. The molecule has 0 bridgehead atoms. The molecule has 94 valence electrons. The number of aromatic nitrogens is 4. The van der Waals surface area contributed by atoms with E-state index in [9.17, 15) is 0 Å². The largest absolute Gasteiger partial charge is 0.369 e. The van der Waals surface area contributed by atoms with Crippen LogP contribution in [0.5, 0.6) is 0 Å². The van der Waals surface area contributed by atoms with E-state index in [-0.39, 0.29) is 5.92 Å². The van der Waals surface area contributed by atoms with Crippen LogP contribution in [-0.2, 0) is 6.42 Å². The van der Waals surface area contributed by atoms with Crippen LogP contribution in [0, 0.1) is 0 Å². The Morgan fingerprint density at radius 2 is 2.05 bits per heavy atom. The van der Waals surface area contributed by atoms with Gasteiger partial charge < -0.3 is 15.7 Å². The number of nitrogens with two attached hydrogens (primary N) is 1. The second-order valence-corrected chi connectivity index (χ2v) is 4.77. The standard InChI is InChI=1S/C14H13N5/c15-14-18-10-6-9-12(17-7-16-9)11(13(10)19-14)8-4-2-1-3-5-8/h1-5,7,11H,6H2,(H,16,17)(H3,15,18,19). The Bertz CT molecular complexity index is 725. The molecule has 1 aliphatic rings. The number of nitrogens with zero attached hydrogens (tertiary/aromatic N) is 2. The van der Waals surface area contributed by atoms with Crippen molar-refractivity contribution in [1.82, 2.24) is 19.9 Å². The summed E-state index contributed by atoms with van der Waals surface area (Å²) in [7, 11) is 0. The van der Waals surface area contributed by atoms with Gasteiger partial charge in [-0.15, -0.1) is 0 Å². The highest BCUT2D eigenvalue weighted by molar-refractivity contribution is 5.48. The third-order valence-electron chi connectivity index (χ3n) is 3.62. The molecule has 3 aromatic rings. The van der Waals surface area contributed by atoms with Crippen molar-refractivity contribution >= 4 is 5.95 Å². The first-order valence-electron chi connectivity index (χ1n) is 6.24. The molecule has 1 aliphatic carbocycles. The normalized spacial score (nSPS) is 16.9. The van der Waals surface area contributed by atoms with Crippen LogP contribution >= 0.6 is 0 Å². The highest BCUT2D eigenvalue weighted by Crippen LogP contribution is 2.38. The van der Waals surface area contributed by atoms with Crippen molar-refractivity contribution in [2.75, 3.05) is 5.73 Å². The number of nitrogens with one attached hydrogen (secondary N) is 2. The van der Waals surface area contributed by atoms with Gasteiger partial charge in [-0.2, -0.15) is 0 Å². The fourth-order valence-corrected chi connectivity index (χ4v) is 2.81. The van der Waals surface area contributed by atoms with Gasteiger partial charge in [-0.25, -0.2) is 9.97 Å². The molecule has 0 fully saturated rings. The van der Waals surface area contributed by atoms with E-state index in [1.165, 1.54) is 5.56 Å². The number of imidazole rings is 2. The van der Waals surface area contributed by atoms with Gasteiger partial charge in [-0.05, 0) is 5.56 Å². The Labute approximate surface area is 109 Å². The lowest BCUT2D eigenvalue weighted by Crippen LogP contribution is -2.15. The Kier molecular flexibility index (Phi) is 2.03. The van der Waals surface area contributed by atoms with Crippen LogP contribution < -0.4 is 5.73 Å². The van der Waals surface area contributed by atoms with E-state index < -0.39 is 0 Å². The summed E-state index contributed by atoms with van der Waals surface area (Å²) in [6.45, 7) is 0. The SMILES string of the molecule is Nc1nc2c([nH]1)Cc1nc[nH]c1C2c1ccccc1. The lowest BCUT2D eigenvalue weighted by Gasteiger charge is -2.21. The molecular weight excluding hydrogens is 238 g/mol. The topological polar surface area (TPSA) is 83.4 Å². The Hall–Kier alpha value is -2.56. The minimum atomic E-state index is 0.0796. The Morgan fingerprint density at radius 3 is 2.89 bits per heavy atom. The zero-order chi connectivity index (χ0) is 12.8. The van der Waals surface area contributed by atoms with E-state index in [0.29, 0.717) is 5.95 Å². The minimum Gasteiger partial charge on any atom is -0.369 e. The number of aromatic amines is 2. The zero-order valence-corrected chi connectivity index (χ0v) is 10.2. The van der Waals surface area contributed by atoms with E-state index in [1.54, 1.807) is 6.33 Å². The monoisotopic (exact) mass is 251 g/mol. The molecule has 1 unspecified atom stereocenters. The van der Waals surface area contributed by atoms with E-state index >= 15 is 0 Å². The van der Waals surface area contributed by atoms with Gasteiger partial charge in [0.2, 0.25) is 0 Å². The number of fused-ring (bicyclic) bond motifs is 2. The average Bonchev–Trinajstić information content (AvgIpc) is 3.01. The van der Waals surface area contributed by atoms with Gasteiger partial charge in [0.05, 0.1) is 29.3 Å². The molecule has 0 saturated carbocycles. The predicted molar refractivity (Wildman–Crippen MR) is 71.8 cm³/mol. The Balaban J connectivity index is 1.96. The molecule has 4 rings (SSSR count). The van der Waals surface area contributed by atoms with E-state index in [1.807, 2.05) is 18.2 Å². The van der Waals surface area contributed by atoms with Crippen LogP contribution in [0.3, 0.4) is 0 Å². The number of nitrogen functional groups attached to an aromatic ring is 1. The third-order valence-corrected chi connectivity index (χ3v) is 3.62. The average molecular weight is 251 g/mol. The maximum absolute atomic E-state index is 5.80. The van der Waals surface area contributed by atoms with Crippen molar-refractivity contribution in [3.8, 4) is 0 Å². The highest BCUT2D eigenvalue weighted by atomic mass is 15.1. The maximum Gasteiger partial charge on any atom is 0.197 e. The first-order valence-corrected chi connectivity index (χ1v) is 6.24. The van der Waals surface area contributed by atoms with Gasteiger partial charge in [0.25, 0.3) is 0 Å². The van der Waals surface area contributed by atoms with Crippen molar-refractivity contribution < 1.29 is 0 Å². The number of benzene rings is 1. The number of anilines is 1. The van der Waals surface area contributed by atoms with E-state index in [2.05, 4.69) is 32.1 Å². The molecule has 0 aliphatic heterocycles. The molecular formula is C14H13N5. The fourth-order valence-electron chi connectivity index (χ4n) is 2.81. The molecule has 1 atom stereocenters.